The molecule has 2 rings (SSSR count). The molecule has 2 amide bonds. The smallest absolute Gasteiger partial charge is 0.260 e. The summed E-state index contributed by atoms with van der Waals surface area (Å²) < 4.78 is 5.68. The fourth-order valence-corrected chi connectivity index (χ4v) is 2.85. The fourth-order valence-electron chi connectivity index (χ4n) is 2.85. The number of rotatable bonds is 5. The number of hydrogen-bond acceptors (Lipinski definition) is 3. The Labute approximate surface area is 131 Å². The van der Waals surface area contributed by atoms with E-state index in [0.29, 0.717) is 6.54 Å². The number of nitrogens with zero attached hydrogens (tertiary/aromatic N) is 1. The van der Waals surface area contributed by atoms with Crippen molar-refractivity contribution < 1.29 is 14.3 Å². The van der Waals surface area contributed by atoms with E-state index in [4.69, 9.17) is 10.5 Å². The van der Waals surface area contributed by atoms with E-state index in [9.17, 15) is 9.59 Å². The SMILES string of the molecule is CCc1ccccc1OCC(=O)N1CC(C(N)=O)CCC1C. The van der Waals surface area contributed by atoms with Gasteiger partial charge in [-0.1, -0.05) is 25.1 Å². The highest BCUT2D eigenvalue weighted by Gasteiger charge is 2.31. The lowest BCUT2D eigenvalue weighted by Gasteiger charge is -2.36. The average molecular weight is 304 g/mol. The molecule has 1 saturated heterocycles. The maximum atomic E-state index is 12.4. The molecular formula is C17H24N2O3. The number of nitrogens with two attached hydrogens (primary N) is 1. The lowest BCUT2D eigenvalue weighted by atomic mass is 9.93. The van der Waals surface area contributed by atoms with Gasteiger partial charge in [-0.15, -0.1) is 0 Å². The number of ether oxygens (including phenoxy) is 1. The Kier molecular flexibility index (Phi) is 5.41. The molecule has 0 spiro atoms. The molecule has 1 aromatic rings. The molecule has 2 N–H and O–H groups in total. The van der Waals surface area contributed by atoms with Crippen LogP contribution in [0.3, 0.4) is 0 Å². The highest BCUT2D eigenvalue weighted by molar-refractivity contribution is 5.81. The number of benzene rings is 1. The molecule has 1 aromatic carbocycles. The standard InChI is InChI=1S/C17H24N2O3/c1-3-13-6-4-5-7-15(13)22-11-16(20)19-10-14(17(18)21)9-8-12(19)2/h4-7,12,14H,3,8-11H2,1-2H3,(H2,18,21). The highest BCUT2D eigenvalue weighted by Crippen LogP contribution is 2.23. The molecule has 0 saturated carbocycles. The van der Waals surface area contributed by atoms with Crippen LogP contribution in [0.1, 0.15) is 32.3 Å². The summed E-state index contributed by atoms with van der Waals surface area (Å²) in [7, 11) is 0. The van der Waals surface area contributed by atoms with Crippen LogP contribution in [0.15, 0.2) is 24.3 Å². The van der Waals surface area contributed by atoms with E-state index in [1.54, 1.807) is 4.90 Å². The van der Waals surface area contributed by atoms with E-state index < -0.39 is 0 Å². The van der Waals surface area contributed by atoms with Crippen molar-refractivity contribution in [3.05, 3.63) is 29.8 Å². The zero-order valence-electron chi connectivity index (χ0n) is 13.2. The van der Waals surface area contributed by atoms with E-state index >= 15 is 0 Å². The Morgan fingerprint density at radius 1 is 1.32 bits per heavy atom. The molecular weight excluding hydrogens is 280 g/mol. The summed E-state index contributed by atoms with van der Waals surface area (Å²) in [5.74, 6) is 0.0730. The zero-order valence-corrected chi connectivity index (χ0v) is 13.2. The maximum absolute atomic E-state index is 12.4. The quantitative estimate of drug-likeness (QED) is 0.900. The maximum Gasteiger partial charge on any atom is 0.260 e. The number of primary amides is 1. The largest absolute Gasteiger partial charge is 0.483 e. The summed E-state index contributed by atoms with van der Waals surface area (Å²) in [6, 6.07) is 7.83. The predicted octanol–water partition coefficient (Wildman–Crippen LogP) is 1.74. The topological polar surface area (TPSA) is 72.6 Å². The van der Waals surface area contributed by atoms with Crippen molar-refractivity contribution in [2.75, 3.05) is 13.2 Å². The molecule has 120 valence electrons. The summed E-state index contributed by atoms with van der Waals surface area (Å²) in [5.41, 5.74) is 6.45. The Bertz CT molecular complexity index is 544. The number of amides is 2. The van der Waals surface area contributed by atoms with Gasteiger partial charge in [0.2, 0.25) is 5.91 Å². The van der Waals surface area contributed by atoms with Crippen molar-refractivity contribution in [3.63, 3.8) is 0 Å². The molecule has 1 heterocycles. The zero-order chi connectivity index (χ0) is 16.1. The van der Waals surface area contributed by atoms with Crippen LogP contribution < -0.4 is 10.5 Å². The van der Waals surface area contributed by atoms with Crippen LogP contribution >= 0.6 is 0 Å². The van der Waals surface area contributed by atoms with Gasteiger partial charge < -0.3 is 15.4 Å². The van der Waals surface area contributed by atoms with Crippen LogP contribution in [0.2, 0.25) is 0 Å². The second-order valence-corrected chi connectivity index (χ2v) is 5.82. The number of piperidine rings is 1. The number of aryl methyl sites for hydroxylation is 1. The molecule has 2 atom stereocenters. The molecule has 0 aromatic heterocycles. The summed E-state index contributed by atoms with van der Waals surface area (Å²) in [6.45, 7) is 4.43. The lowest BCUT2D eigenvalue weighted by molar-refractivity contribution is -0.139. The van der Waals surface area contributed by atoms with Crippen LogP contribution in [0.25, 0.3) is 0 Å². The number of hydrogen-bond donors (Lipinski definition) is 1. The van der Waals surface area contributed by atoms with Crippen molar-refractivity contribution >= 4 is 11.8 Å². The Morgan fingerprint density at radius 3 is 2.73 bits per heavy atom. The molecule has 0 bridgehead atoms. The van der Waals surface area contributed by atoms with Gasteiger partial charge in [0.15, 0.2) is 6.61 Å². The van der Waals surface area contributed by atoms with Gasteiger partial charge in [-0.3, -0.25) is 9.59 Å². The first-order valence-corrected chi connectivity index (χ1v) is 7.82. The summed E-state index contributed by atoms with van der Waals surface area (Å²) in [6.07, 6.45) is 2.40. The Hall–Kier alpha value is -2.04. The summed E-state index contributed by atoms with van der Waals surface area (Å²) in [4.78, 5) is 25.5. The molecule has 1 fully saturated rings. The van der Waals surface area contributed by atoms with Gasteiger partial charge in [-0.25, -0.2) is 0 Å². The lowest BCUT2D eigenvalue weighted by Crippen LogP contribution is -2.50. The van der Waals surface area contributed by atoms with Gasteiger partial charge in [0.25, 0.3) is 5.91 Å². The normalized spacial score (nSPS) is 21.5. The number of carbonyl (C=O) groups is 2. The van der Waals surface area contributed by atoms with Crippen molar-refractivity contribution in [2.45, 2.75) is 39.2 Å². The van der Waals surface area contributed by atoms with E-state index in [-0.39, 0.29) is 30.4 Å². The monoisotopic (exact) mass is 304 g/mol. The van der Waals surface area contributed by atoms with Crippen LogP contribution in [0.5, 0.6) is 5.75 Å². The van der Waals surface area contributed by atoms with Crippen molar-refractivity contribution in [1.82, 2.24) is 4.90 Å². The Morgan fingerprint density at radius 2 is 2.05 bits per heavy atom. The summed E-state index contributed by atoms with van der Waals surface area (Å²) in [5, 5.41) is 0. The molecule has 22 heavy (non-hydrogen) atoms. The second-order valence-electron chi connectivity index (χ2n) is 5.82. The summed E-state index contributed by atoms with van der Waals surface area (Å²) >= 11 is 0. The van der Waals surface area contributed by atoms with Crippen molar-refractivity contribution in [3.8, 4) is 5.75 Å². The van der Waals surface area contributed by atoms with E-state index in [0.717, 1.165) is 30.6 Å². The highest BCUT2D eigenvalue weighted by atomic mass is 16.5. The first-order valence-electron chi connectivity index (χ1n) is 7.82. The third-order valence-corrected chi connectivity index (χ3v) is 4.31. The molecule has 5 nitrogen and oxygen atoms in total. The minimum Gasteiger partial charge on any atom is -0.483 e. The van der Waals surface area contributed by atoms with Gasteiger partial charge in [0.05, 0.1) is 5.92 Å². The number of likely N-dealkylation sites (tertiary alicyclic amines) is 1. The first kappa shape index (κ1) is 16.3. The number of carbonyl (C=O) groups excluding carboxylic acids is 2. The van der Waals surface area contributed by atoms with Gasteiger partial charge >= 0.3 is 0 Å². The average Bonchev–Trinajstić information content (AvgIpc) is 2.53. The third-order valence-electron chi connectivity index (χ3n) is 4.31. The second kappa shape index (κ2) is 7.29. The Balaban J connectivity index is 1.97. The van der Waals surface area contributed by atoms with Crippen LogP contribution in [-0.2, 0) is 16.0 Å². The third kappa shape index (κ3) is 3.78. The van der Waals surface area contributed by atoms with Gasteiger partial charge in [0.1, 0.15) is 5.75 Å². The molecule has 2 unspecified atom stereocenters. The van der Waals surface area contributed by atoms with Gasteiger partial charge in [-0.2, -0.15) is 0 Å². The minimum absolute atomic E-state index is 0.00711. The van der Waals surface area contributed by atoms with Crippen molar-refractivity contribution in [2.24, 2.45) is 11.7 Å². The number of para-hydroxylation sites is 1. The van der Waals surface area contributed by atoms with E-state index in [2.05, 4.69) is 0 Å². The fraction of sp³-hybridized carbons (Fsp3) is 0.529. The molecule has 1 aliphatic heterocycles. The van der Waals surface area contributed by atoms with Crippen LogP contribution in [0, 0.1) is 5.92 Å². The minimum atomic E-state index is -0.332. The first-order chi connectivity index (χ1) is 10.5. The predicted molar refractivity (Wildman–Crippen MR) is 84.4 cm³/mol. The molecule has 1 aliphatic rings. The van der Waals surface area contributed by atoms with Gasteiger partial charge in [-0.05, 0) is 37.8 Å². The van der Waals surface area contributed by atoms with E-state index in [1.807, 2.05) is 38.1 Å². The molecule has 0 aliphatic carbocycles. The van der Waals surface area contributed by atoms with E-state index in [1.165, 1.54) is 0 Å². The van der Waals surface area contributed by atoms with Crippen LogP contribution in [-0.4, -0.2) is 35.9 Å². The van der Waals surface area contributed by atoms with Crippen molar-refractivity contribution in [1.29, 1.82) is 0 Å². The van der Waals surface area contributed by atoms with Gasteiger partial charge in [0, 0.05) is 12.6 Å². The molecule has 0 radical (unpaired) electrons. The van der Waals surface area contributed by atoms with Crippen LogP contribution in [0.4, 0.5) is 0 Å². The molecule has 5 heteroatoms.